The first-order chi connectivity index (χ1) is 10.1. The number of amides is 1. The molecule has 1 aromatic heterocycles. The molecule has 116 valence electrons. The van der Waals surface area contributed by atoms with Crippen LogP contribution >= 0.6 is 0 Å². The molecular formula is C12H21N7O2. The highest BCUT2D eigenvalue weighted by Gasteiger charge is 2.21. The molecule has 1 amide bonds. The van der Waals surface area contributed by atoms with Gasteiger partial charge in [-0.05, 0) is 6.42 Å². The molecule has 1 aromatic rings. The van der Waals surface area contributed by atoms with Crippen LogP contribution in [0.1, 0.15) is 20.3 Å². The molecule has 9 nitrogen and oxygen atoms in total. The SMILES string of the molecule is CCCOc1nc(NN)nc(N2CCN(C(C)=O)CC2)n1. The van der Waals surface area contributed by atoms with E-state index in [-0.39, 0.29) is 17.9 Å². The van der Waals surface area contributed by atoms with Crippen LogP contribution in [0.4, 0.5) is 11.9 Å². The molecule has 0 spiro atoms. The quantitative estimate of drug-likeness (QED) is 0.558. The summed E-state index contributed by atoms with van der Waals surface area (Å²) in [5.74, 6) is 6.23. The normalized spacial score (nSPS) is 15.0. The Morgan fingerprint density at radius 2 is 2.00 bits per heavy atom. The van der Waals surface area contributed by atoms with E-state index in [1.165, 1.54) is 0 Å². The summed E-state index contributed by atoms with van der Waals surface area (Å²) in [5.41, 5.74) is 2.42. The molecule has 9 heteroatoms. The van der Waals surface area contributed by atoms with E-state index in [4.69, 9.17) is 10.6 Å². The van der Waals surface area contributed by atoms with Crippen LogP contribution < -0.4 is 20.9 Å². The Morgan fingerprint density at radius 3 is 2.57 bits per heavy atom. The van der Waals surface area contributed by atoms with Crippen molar-refractivity contribution in [3.63, 3.8) is 0 Å². The largest absolute Gasteiger partial charge is 0.463 e. The van der Waals surface area contributed by atoms with E-state index >= 15 is 0 Å². The first-order valence-electron chi connectivity index (χ1n) is 7.00. The van der Waals surface area contributed by atoms with Crippen LogP contribution in [0.25, 0.3) is 0 Å². The molecule has 1 fully saturated rings. The summed E-state index contributed by atoms with van der Waals surface area (Å²) >= 11 is 0. The number of anilines is 2. The number of hydrazine groups is 1. The number of aromatic nitrogens is 3. The molecule has 0 aliphatic carbocycles. The summed E-state index contributed by atoms with van der Waals surface area (Å²) in [6, 6.07) is 0.254. The second kappa shape index (κ2) is 7.02. The average molecular weight is 295 g/mol. The van der Waals surface area contributed by atoms with Crippen LogP contribution in [0.5, 0.6) is 6.01 Å². The number of nitrogen functional groups attached to an aromatic ring is 1. The molecule has 0 bridgehead atoms. The number of rotatable bonds is 5. The maximum Gasteiger partial charge on any atom is 0.323 e. The van der Waals surface area contributed by atoms with Gasteiger partial charge in [0.2, 0.25) is 17.8 Å². The predicted octanol–water partition coefficient (Wildman–Crippen LogP) is -0.385. The highest BCUT2D eigenvalue weighted by Crippen LogP contribution is 2.16. The van der Waals surface area contributed by atoms with Crippen molar-refractivity contribution in [2.75, 3.05) is 43.1 Å². The van der Waals surface area contributed by atoms with Crippen molar-refractivity contribution in [1.82, 2.24) is 19.9 Å². The van der Waals surface area contributed by atoms with Crippen molar-refractivity contribution >= 4 is 17.8 Å². The Balaban J connectivity index is 2.10. The number of carbonyl (C=O) groups is 1. The van der Waals surface area contributed by atoms with Crippen LogP contribution in [0, 0.1) is 0 Å². The Hall–Kier alpha value is -2.16. The standard InChI is InChI=1S/C12H21N7O2/c1-3-8-21-12-15-10(17-13)14-11(16-12)19-6-4-18(5-7-19)9(2)20/h3-8,13H2,1-2H3,(H,14,15,16,17). The van der Waals surface area contributed by atoms with E-state index in [1.54, 1.807) is 11.8 Å². The molecule has 0 aromatic carbocycles. The van der Waals surface area contributed by atoms with Crippen molar-refractivity contribution in [3.05, 3.63) is 0 Å². The zero-order valence-electron chi connectivity index (χ0n) is 12.4. The topological polar surface area (TPSA) is 109 Å². The predicted molar refractivity (Wildman–Crippen MR) is 77.9 cm³/mol. The maximum absolute atomic E-state index is 11.3. The van der Waals surface area contributed by atoms with Gasteiger partial charge in [-0.15, -0.1) is 0 Å². The molecule has 1 saturated heterocycles. The summed E-state index contributed by atoms with van der Waals surface area (Å²) in [5, 5.41) is 0. The molecule has 21 heavy (non-hydrogen) atoms. The minimum Gasteiger partial charge on any atom is -0.463 e. The van der Waals surface area contributed by atoms with E-state index in [0.29, 0.717) is 38.7 Å². The van der Waals surface area contributed by atoms with Gasteiger partial charge in [-0.3, -0.25) is 10.2 Å². The fourth-order valence-corrected chi connectivity index (χ4v) is 2.03. The molecular weight excluding hydrogens is 274 g/mol. The van der Waals surface area contributed by atoms with E-state index in [9.17, 15) is 4.79 Å². The molecule has 0 radical (unpaired) electrons. The zero-order valence-corrected chi connectivity index (χ0v) is 12.4. The molecule has 2 heterocycles. The van der Waals surface area contributed by atoms with Gasteiger partial charge in [0.15, 0.2) is 0 Å². The monoisotopic (exact) mass is 295 g/mol. The summed E-state index contributed by atoms with van der Waals surface area (Å²) in [7, 11) is 0. The first-order valence-corrected chi connectivity index (χ1v) is 7.00. The molecule has 2 rings (SSSR count). The van der Waals surface area contributed by atoms with Gasteiger partial charge in [-0.1, -0.05) is 6.92 Å². The molecule has 1 aliphatic rings. The van der Waals surface area contributed by atoms with Gasteiger partial charge in [0.25, 0.3) is 0 Å². The smallest absolute Gasteiger partial charge is 0.323 e. The van der Waals surface area contributed by atoms with Crippen LogP contribution in [0.2, 0.25) is 0 Å². The molecule has 0 unspecified atom stereocenters. The van der Waals surface area contributed by atoms with Crippen molar-refractivity contribution < 1.29 is 9.53 Å². The fraction of sp³-hybridized carbons (Fsp3) is 0.667. The third-order valence-corrected chi connectivity index (χ3v) is 3.18. The van der Waals surface area contributed by atoms with Gasteiger partial charge in [-0.25, -0.2) is 5.84 Å². The van der Waals surface area contributed by atoms with E-state index in [0.717, 1.165) is 6.42 Å². The lowest BCUT2D eigenvalue weighted by atomic mass is 10.3. The summed E-state index contributed by atoms with van der Waals surface area (Å²) in [4.78, 5) is 27.7. The van der Waals surface area contributed by atoms with Crippen molar-refractivity contribution in [1.29, 1.82) is 0 Å². The fourth-order valence-electron chi connectivity index (χ4n) is 2.03. The third kappa shape index (κ3) is 3.91. The van der Waals surface area contributed by atoms with Gasteiger partial charge in [0.1, 0.15) is 0 Å². The van der Waals surface area contributed by atoms with E-state index in [2.05, 4.69) is 20.4 Å². The lowest BCUT2D eigenvalue weighted by Crippen LogP contribution is -2.48. The van der Waals surface area contributed by atoms with Crippen molar-refractivity contribution in [3.8, 4) is 6.01 Å². The number of carbonyl (C=O) groups excluding carboxylic acids is 1. The first kappa shape index (κ1) is 15.2. The Morgan fingerprint density at radius 1 is 1.29 bits per heavy atom. The minimum atomic E-state index is 0.0848. The van der Waals surface area contributed by atoms with E-state index in [1.807, 2.05) is 11.8 Å². The van der Waals surface area contributed by atoms with Crippen LogP contribution in [0.3, 0.4) is 0 Å². The highest BCUT2D eigenvalue weighted by molar-refractivity contribution is 5.73. The van der Waals surface area contributed by atoms with Gasteiger partial charge < -0.3 is 14.5 Å². The number of hydrogen-bond donors (Lipinski definition) is 2. The molecule has 0 saturated carbocycles. The van der Waals surface area contributed by atoms with Crippen LogP contribution in [-0.2, 0) is 4.79 Å². The number of nitrogens with zero attached hydrogens (tertiary/aromatic N) is 5. The second-order valence-electron chi connectivity index (χ2n) is 4.73. The lowest BCUT2D eigenvalue weighted by molar-refractivity contribution is -0.129. The highest BCUT2D eigenvalue weighted by atomic mass is 16.5. The molecule has 1 aliphatic heterocycles. The van der Waals surface area contributed by atoms with E-state index < -0.39 is 0 Å². The number of ether oxygens (including phenoxy) is 1. The van der Waals surface area contributed by atoms with Crippen molar-refractivity contribution in [2.45, 2.75) is 20.3 Å². The summed E-state index contributed by atoms with van der Waals surface area (Å²) in [6.07, 6.45) is 0.865. The van der Waals surface area contributed by atoms with Gasteiger partial charge in [0.05, 0.1) is 6.61 Å². The second-order valence-corrected chi connectivity index (χ2v) is 4.73. The molecule has 0 atom stereocenters. The summed E-state index contributed by atoms with van der Waals surface area (Å²) < 4.78 is 5.44. The van der Waals surface area contributed by atoms with Crippen LogP contribution in [-0.4, -0.2) is 58.5 Å². The van der Waals surface area contributed by atoms with Crippen LogP contribution in [0.15, 0.2) is 0 Å². The zero-order chi connectivity index (χ0) is 15.2. The van der Waals surface area contributed by atoms with Gasteiger partial charge >= 0.3 is 6.01 Å². The van der Waals surface area contributed by atoms with Gasteiger partial charge in [0, 0.05) is 33.1 Å². The Labute approximate surface area is 123 Å². The average Bonchev–Trinajstić information content (AvgIpc) is 2.52. The number of piperazine rings is 1. The number of hydrogen-bond acceptors (Lipinski definition) is 8. The number of nitrogens with one attached hydrogen (secondary N) is 1. The van der Waals surface area contributed by atoms with Crippen molar-refractivity contribution in [2.24, 2.45) is 5.84 Å². The third-order valence-electron chi connectivity index (χ3n) is 3.18. The molecule has 3 N–H and O–H groups in total. The summed E-state index contributed by atoms with van der Waals surface area (Å²) in [6.45, 7) is 6.75. The maximum atomic E-state index is 11.3. The Kier molecular flexibility index (Phi) is 5.09. The lowest BCUT2D eigenvalue weighted by Gasteiger charge is -2.34. The van der Waals surface area contributed by atoms with Gasteiger partial charge in [-0.2, -0.15) is 15.0 Å². The number of nitrogens with two attached hydrogens (primary N) is 1. The Bertz CT molecular complexity index is 488. The minimum absolute atomic E-state index is 0.0848.